The number of amides is 2. The highest BCUT2D eigenvalue weighted by molar-refractivity contribution is 6.04. The highest BCUT2D eigenvalue weighted by Gasteiger charge is 2.42. The summed E-state index contributed by atoms with van der Waals surface area (Å²) in [5.74, 6) is -2.23. The van der Waals surface area contributed by atoms with E-state index in [-0.39, 0.29) is 19.4 Å². The molecule has 2 aromatic carbocycles. The molecular formula is C28H34N2O7. The number of alkyl carbamates (subject to hydrolysis) is 1. The van der Waals surface area contributed by atoms with Crippen molar-refractivity contribution < 1.29 is 33.8 Å². The number of hydrogen-bond acceptors (Lipinski definition) is 6. The van der Waals surface area contributed by atoms with Gasteiger partial charge in [0.05, 0.1) is 5.41 Å². The second kappa shape index (κ2) is 12.4. The number of carboxylic acid groups (broad SMARTS) is 1. The van der Waals surface area contributed by atoms with E-state index in [9.17, 15) is 24.3 Å². The van der Waals surface area contributed by atoms with Gasteiger partial charge in [0.15, 0.2) is 6.10 Å². The molecule has 0 spiro atoms. The van der Waals surface area contributed by atoms with Gasteiger partial charge in [-0.15, -0.1) is 0 Å². The summed E-state index contributed by atoms with van der Waals surface area (Å²) in [5.41, 5.74) is 1.31. The van der Waals surface area contributed by atoms with Crippen LogP contribution in [0.2, 0.25) is 0 Å². The summed E-state index contributed by atoms with van der Waals surface area (Å²) in [6.45, 7) is 5.53. The average Bonchev–Trinajstić information content (AvgIpc) is 3.26. The largest absolute Gasteiger partial charge is 0.480 e. The van der Waals surface area contributed by atoms with Gasteiger partial charge >= 0.3 is 18.0 Å². The Hall–Kier alpha value is -3.88. The molecule has 0 bridgehead atoms. The van der Waals surface area contributed by atoms with Gasteiger partial charge in [-0.25, -0.2) is 9.59 Å². The van der Waals surface area contributed by atoms with Crippen molar-refractivity contribution in [2.75, 3.05) is 11.4 Å². The lowest BCUT2D eigenvalue weighted by molar-refractivity contribution is -0.163. The molecule has 3 rings (SSSR count). The van der Waals surface area contributed by atoms with Crippen molar-refractivity contribution in [3.8, 4) is 0 Å². The predicted molar refractivity (Wildman–Crippen MR) is 137 cm³/mol. The Morgan fingerprint density at radius 3 is 2.38 bits per heavy atom. The van der Waals surface area contributed by atoms with Crippen molar-refractivity contribution in [1.82, 2.24) is 5.32 Å². The molecule has 198 valence electrons. The quantitative estimate of drug-likeness (QED) is 0.365. The van der Waals surface area contributed by atoms with Crippen LogP contribution in [0.1, 0.15) is 51.2 Å². The molecular weight excluding hydrogens is 476 g/mol. The molecule has 1 aliphatic heterocycles. The molecule has 9 nitrogen and oxygen atoms in total. The molecule has 2 N–H and O–H groups in total. The van der Waals surface area contributed by atoms with Crippen LogP contribution in [0.3, 0.4) is 0 Å². The molecule has 1 aliphatic rings. The number of nitrogens with one attached hydrogen (secondary N) is 1. The van der Waals surface area contributed by atoms with E-state index in [0.717, 1.165) is 11.1 Å². The first-order valence-corrected chi connectivity index (χ1v) is 12.4. The zero-order valence-corrected chi connectivity index (χ0v) is 21.4. The summed E-state index contributed by atoms with van der Waals surface area (Å²) in [6, 6.07) is 15.3. The predicted octanol–water partition coefficient (Wildman–Crippen LogP) is 4.08. The van der Waals surface area contributed by atoms with E-state index in [1.165, 1.54) is 4.90 Å². The SMILES string of the molecule is CC(C)(C)C(=O)OC(CCCCNC(=O)OCc1ccccc1)C(=O)N1c2ccccc2CC1C(=O)O. The zero-order chi connectivity index (χ0) is 27.0. The van der Waals surface area contributed by atoms with Crippen LogP contribution in [0.4, 0.5) is 10.5 Å². The number of carbonyl (C=O) groups excluding carboxylic acids is 3. The van der Waals surface area contributed by atoms with Gasteiger partial charge in [0.1, 0.15) is 12.6 Å². The molecule has 2 aromatic rings. The molecule has 0 fully saturated rings. The van der Waals surface area contributed by atoms with E-state index in [1.54, 1.807) is 45.0 Å². The minimum atomic E-state index is -1.15. The van der Waals surface area contributed by atoms with Crippen LogP contribution in [0, 0.1) is 5.41 Å². The maximum Gasteiger partial charge on any atom is 0.407 e. The molecule has 1 heterocycles. The van der Waals surface area contributed by atoms with Gasteiger partial charge in [0.2, 0.25) is 0 Å². The van der Waals surface area contributed by atoms with Crippen LogP contribution in [-0.4, -0.2) is 47.7 Å². The lowest BCUT2D eigenvalue weighted by Crippen LogP contribution is -2.49. The van der Waals surface area contributed by atoms with Gasteiger partial charge in [0, 0.05) is 18.7 Å². The third-order valence-electron chi connectivity index (χ3n) is 6.01. The van der Waals surface area contributed by atoms with Gasteiger partial charge in [-0.1, -0.05) is 48.5 Å². The number of esters is 1. The summed E-state index contributed by atoms with van der Waals surface area (Å²) in [5, 5.41) is 12.4. The Bertz CT molecular complexity index is 1110. The Morgan fingerprint density at radius 1 is 1.03 bits per heavy atom. The molecule has 0 aliphatic carbocycles. The zero-order valence-electron chi connectivity index (χ0n) is 21.4. The lowest BCUT2D eigenvalue weighted by Gasteiger charge is -2.29. The average molecular weight is 511 g/mol. The Labute approximate surface area is 216 Å². The number of unbranched alkanes of at least 4 members (excludes halogenated alkanes) is 1. The summed E-state index contributed by atoms with van der Waals surface area (Å²) in [7, 11) is 0. The van der Waals surface area contributed by atoms with Crippen molar-refractivity contribution in [3.05, 3.63) is 65.7 Å². The first-order valence-electron chi connectivity index (χ1n) is 12.4. The molecule has 2 unspecified atom stereocenters. The molecule has 0 saturated carbocycles. The first-order chi connectivity index (χ1) is 17.6. The van der Waals surface area contributed by atoms with E-state index in [0.29, 0.717) is 25.1 Å². The number of ether oxygens (including phenoxy) is 2. The highest BCUT2D eigenvalue weighted by atomic mass is 16.6. The van der Waals surface area contributed by atoms with E-state index >= 15 is 0 Å². The molecule has 2 atom stereocenters. The third-order valence-corrected chi connectivity index (χ3v) is 6.01. The molecule has 2 amide bonds. The number of rotatable bonds is 10. The monoisotopic (exact) mass is 510 g/mol. The Balaban J connectivity index is 1.59. The summed E-state index contributed by atoms with van der Waals surface area (Å²) in [6.07, 6.45) is -0.354. The van der Waals surface area contributed by atoms with Crippen LogP contribution in [0.25, 0.3) is 0 Å². The second-order valence-corrected chi connectivity index (χ2v) is 10.0. The summed E-state index contributed by atoms with van der Waals surface area (Å²) in [4.78, 5) is 51.3. The van der Waals surface area contributed by atoms with Gasteiger partial charge in [-0.2, -0.15) is 0 Å². The normalized spacial score (nSPS) is 15.4. The molecule has 9 heteroatoms. The number of carboxylic acids is 1. The minimum Gasteiger partial charge on any atom is -0.480 e. The van der Waals surface area contributed by atoms with E-state index in [2.05, 4.69) is 5.32 Å². The number of fused-ring (bicyclic) bond motifs is 1. The first kappa shape index (κ1) is 27.7. The van der Waals surface area contributed by atoms with Gasteiger partial charge in [-0.05, 0) is 57.2 Å². The smallest absolute Gasteiger partial charge is 0.407 e. The fourth-order valence-corrected chi connectivity index (χ4v) is 3.97. The number of para-hydroxylation sites is 1. The molecule has 0 radical (unpaired) electrons. The second-order valence-electron chi connectivity index (χ2n) is 10.0. The number of carbonyl (C=O) groups is 4. The van der Waals surface area contributed by atoms with Gasteiger partial charge in [0.25, 0.3) is 5.91 Å². The van der Waals surface area contributed by atoms with Crippen LogP contribution >= 0.6 is 0 Å². The fourth-order valence-electron chi connectivity index (χ4n) is 3.97. The molecule has 0 saturated heterocycles. The number of nitrogens with zero attached hydrogens (tertiary/aromatic N) is 1. The standard InChI is InChI=1S/C28H34N2O7/c1-28(2,3)26(34)37-23(15-9-10-16-29-27(35)36-18-19-11-5-4-6-12-19)24(31)30-21-14-8-7-13-20(21)17-22(30)25(32)33/h4-8,11-14,22-23H,9-10,15-18H2,1-3H3,(H,29,35)(H,32,33). The number of hydrogen-bond donors (Lipinski definition) is 2. The number of anilines is 1. The van der Waals surface area contributed by atoms with E-state index in [1.807, 2.05) is 30.3 Å². The van der Waals surface area contributed by atoms with Crippen LogP contribution in [0.5, 0.6) is 0 Å². The maximum atomic E-state index is 13.6. The van der Waals surface area contributed by atoms with Crippen LogP contribution < -0.4 is 10.2 Å². The minimum absolute atomic E-state index is 0.161. The van der Waals surface area contributed by atoms with E-state index in [4.69, 9.17) is 9.47 Å². The maximum absolute atomic E-state index is 13.6. The van der Waals surface area contributed by atoms with E-state index < -0.39 is 41.5 Å². The van der Waals surface area contributed by atoms with Crippen molar-refractivity contribution >= 4 is 29.6 Å². The van der Waals surface area contributed by atoms with Gasteiger partial charge < -0.3 is 19.9 Å². The third kappa shape index (κ3) is 7.55. The van der Waals surface area contributed by atoms with Gasteiger partial charge in [-0.3, -0.25) is 14.5 Å². The lowest BCUT2D eigenvalue weighted by atomic mass is 9.97. The Kier molecular flexibility index (Phi) is 9.27. The van der Waals surface area contributed by atoms with Crippen molar-refractivity contribution in [3.63, 3.8) is 0 Å². The summed E-state index contributed by atoms with van der Waals surface area (Å²) < 4.78 is 10.8. The van der Waals surface area contributed by atoms with Crippen LogP contribution in [0.15, 0.2) is 54.6 Å². The number of benzene rings is 2. The summed E-state index contributed by atoms with van der Waals surface area (Å²) >= 11 is 0. The topological polar surface area (TPSA) is 122 Å². The highest BCUT2D eigenvalue weighted by Crippen LogP contribution is 2.34. The fraction of sp³-hybridized carbons (Fsp3) is 0.429. The van der Waals surface area contributed by atoms with Crippen molar-refractivity contribution in [2.45, 2.75) is 65.2 Å². The molecule has 37 heavy (non-hydrogen) atoms. The Morgan fingerprint density at radius 2 is 1.70 bits per heavy atom. The number of aliphatic carboxylic acids is 1. The van der Waals surface area contributed by atoms with Crippen molar-refractivity contribution in [2.24, 2.45) is 5.41 Å². The van der Waals surface area contributed by atoms with Crippen LogP contribution in [-0.2, 0) is 36.9 Å². The van der Waals surface area contributed by atoms with Crippen molar-refractivity contribution in [1.29, 1.82) is 0 Å². The molecule has 0 aromatic heterocycles.